The Kier molecular flexibility index (Phi) is 6.57. The second-order valence-electron chi connectivity index (χ2n) is 6.77. The van der Waals surface area contributed by atoms with Gasteiger partial charge >= 0.3 is 0 Å². The Balaban J connectivity index is 1.42. The van der Waals surface area contributed by atoms with Gasteiger partial charge in [0.15, 0.2) is 0 Å². The first-order valence-corrected chi connectivity index (χ1v) is 11.1. The van der Waals surface area contributed by atoms with E-state index in [-0.39, 0.29) is 5.91 Å². The highest BCUT2D eigenvalue weighted by atomic mass is 35.5. The molecule has 150 valence electrons. The van der Waals surface area contributed by atoms with E-state index in [0.717, 1.165) is 33.1 Å². The van der Waals surface area contributed by atoms with Crippen molar-refractivity contribution in [1.82, 2.24) is 10.3 Å². The minimum atomic E-state index is -0.0868. The Morgan fingerprint density at radius 2 is 1.70 bits per heavy atom. The molecule has 0 unspecified atom stereocenters. The van der Waals surface area contributed by atoms with Crippen LogP contribution < -0.4 is 5.32 Å². The smallest absolute Gasteiger partial charge is 0.244 e. The number of H-pyrrole nitrogens is 1. The summed E-state index contributed by atoms with van der Waals surface area (Å²) in [4.78, 5) is 16.8. The molecule has 30 heavy (non-hydrogen) atoms. The molecule has 4 rings (SSSR count). The zero-order valence-electron chi connectivity index (χ0n) is 16.3. The SMILES string of the molecule is O=C(C=Cc1ccccc1)NCCSc1c(-c2ccc(Cl)cc2)[nH]c2ccccc12. The zero-order valence-corrected chi connectivity index (χ0v) is 17.8. The molecule has 2 N–H and O–H groups in total. The highest BCUT2D eigenvalue weighted by Gasteiger charge is 2.13. The quantitative estimate of drug-likeness (QED) is 0.201. The Bertz CT molecular complexity index is 1170. The lowest BCUT2D eigenvalue weighted by molar-refractivity contribution is -0.116. The number of halogens is 1. The summed E-state index contributed by atoms with van der Waals surface area (Å²) in [5, 5.41) is 4.86. The van der Waals surface area contributed by atoms with E-state index < -0.39 is 0 Å². The molecule has 1 heterocycles. The molecule has 0 aliphatic carbocycles. The van der Waals surface area contributed by atoms with Crippen LogP contribution in [0.1, 0.15) is 5.56 Å². The highest BCUT2D eigenvalue weighted by Crippen LogP contribution is 2.37. The van der Waals surface area contributed by atoms with Gasteiger partial charge in [0, 0.05) is 39.2 Å². The number of carbonyl (C=O) groups is 1. The maximum Gasteiger partial charge on any atom is 0.244 e. The number of fused-ring (bicyclic) bond motifs is 1. The van der Waals surface area contributed by atoms with Crippen molar-refractivity contribution in [3.63, 3.8) is 0 Å². The maximum atomic E-state index is 12.1. The van der Waals surface area contributed by atoms with Crippen LogP contribution in [0.2, 0.25) is 5.02 Å². The maximum absolute atomic E-state index is 12.1. The fraction of sp³-hybridized carbons (Fsp3) is 0.0800. The van der Waals surface area contributed by atoms with Crippen LogP contribution in [0.15, 0.2) is 89.8 Å². The molecule has 0 aliphatic heterocycles. The monoisotopic (exact) mass is 432 g/mol. The molecule has 1 aromatic heterocycles. The van der Waals surface area contributed by atoms with Crippen LogP contribution >= 0.6 is 23.4 Å². The molecule has 5 heteroatoms. The van der Waals surface area contributed by atoms with Gasteiger partial charge in [0.2, 0.25) is 5.91 Å². The first-order chi connectivity index (χ1) is 14.7. The van der Waals surface area contributed by atoms with Gasteiger partial charge in [0.05, 0.1) is 5.69 Å². The van der Waals surface area contributed by atoms with Crippen molar-refractivity contribution >= 4 is 46.2 Å². The summed E-state index contributed by atoms with van der Waals surface area (Å²) in [6, 6.07) is 25.9. The standard InChI is InChI=1S/C25H21ClN2OS/c26-20-13-11-19(12-14-20)24-25(21-8-4-5-9-22(21)28-24)30-17-16-27-23(29)15-10-18-6-2-1-3-7-18/h1-15,28H,16-17H2,(H,27,29). The first-order valence-electron chi connectivity index (χ1n) is 9.71. The third-order valence-corrected chi connectivity index (χ3v) is 6.04. The second kappa shape index (κ2) is 9.70. The van der Waals surface area contributed by atoms with Crippen LogP contribution in [0.5, 0.6) is 0 Å². The number of hydrogen-bond acceptors (Lipinski definition) is 2. The molecule has 3 aromatic carbocycles. The van der Waals surface area contributed by atoms with Crippen molar-refractivity contribution in [1.29, 1.82) is 0 Å². The van der Waals surface area contributed by atoms with E-state index in [1.165, 1.54) is 10.3 Å². The van der Waals surface area contributed by atoms with Crippen LogP contribution in [0.25, 0.3) is 28.2 Å². The van der Waals surface area contributed by atoms with E-state index in [2.05, 4.69) is 22.4 Å². The first kappa shape index (κ1) is 20.3. The van der Waals surface area contributed by atoms with Gasteiger partial charge in [0.25, 0.3) is 0 Å². The van der Waals surface area contributed by atoms with Crippen molar-refractivity contribution in [3.05, 3.63) is 95.5 Å². The van der Waals surface area contributed by atoms with Crippen LogP contribution in [-0.2, 0) is 4.79 Å². The van der Waals surface area contributed by atoms with Crippen LogP contribution in [0.3, 0.4) is 0 Å². The number of amides is 1. The molecular formula is C25H21ClN2OS. The van der Waals surface area contributed by atoms with E-state index in [0.29, 0.717) is 6.54 Å². The van der Waals surface area contributed by atoms with Gasteiger partial charge < -0.3 is 10.3 Å². The number of para-hydroxylation sites is 1. The van der Waals surface area contributed by atoms with Crippen molar-refractivity contribution in [2.75, 3.05) is 12.3 Å². The van der Waals surface area contributed by atoms with Gasteiger partial charge in [-0.05, 0) is 35.4 Å². The third-order valence-electron chi connectivity index (χ3n) is 4.67. The number of hydrogen-bond donors (Lipinski definition) is 2. The number of aromatic nitrogens is 1. The van der Waals surface area contributed by atoms with E-state index in [9.17, 15) is 4.79 Å². The summed E-state index contributed by atoms with van der Waals surface area (Å²) in [5.41, 5.74) is 4.27. The van der Waals surface area contributed by atoms with Gasteiger partial charge in [-0.2, -0.15) is 0 Å². The van der Waals surface area contributed by atoms with Crippen LogP contribution in [-0.4, -0.2) is 23.2 Å². The summed E-state index contributed by atoms with van der Waals surface area (Å²) in [5.74, 6) is 0.684. The Morgan fingerprint density at radius 1 is 0.967 bits per heavy atom. The molecule has 0 saturated carbocycles. The van der Waals surface area contributed by atoms with Gasteiger partial charge in [-0.3, -0.25) is 4.79 Å². The summed E-state index contributed by atoms with van der Waals surface area (Å²) in [7, 11) is 0. The molecule has 1 amide bonds. The number of aromatic amines is 1. The van der Waals surface area contributed by atoms with Crippen molar-refractivity contribution in [3.8, 4) is 11.3 Å². The molecule has 0 spiro atoms. The number of nitrogens with one attached hydrogen (secondary N) is 2. The minimum absolute atomic E-state index is 0.0868. The average molecular weight is 433 g/mol. The van der Waals surface area contributed by atoms with E-state index >= 15 is 0 Å². The fourth-order valence-electron chi connectivity index (χ4n) is 3.21. The molecular weight excluding hydrogens is 412 g/mol. The average Bonchev–Trinajstić information content (AvgIpc) is 3.15. The highest BCUT2D eigenvalue weighted by molar-refractivity contribution is 7.99. The summed E-state index contributed by atoms with van der Waals surface area (Å²) in [6.07, 6.45) is 3.39. The largest absolute Gasteiger partial charge is 0.354 e. The van der Waals surface area contributed by atoms with E-state index in [4.69, 9.17) is 11.6 Å². The number of carbonyl (C=O) groups excluding carboxylic acids is 1. The summed E-state index contributed by atoms with van der Waals surface area (Å²) < 4.78 is 0. The molecule has 0 saturated heterocycles. The number of rotatable bonds is 7. The van der Waals surface area contributed by atoms with Gasteiger partial charge in [-0.15, -0.1) is 11.8 Å². The molecule has 0 bridgehead atoms. The summed E-state index contributed by atoms with van der Waals surface area (Å²) >= 11 is 7.79. The van der Waals surface area contributed by atoms with Gasteiger partial charge in [-0.1, -0.05) is 72.3 Å². The van der Waals surface area contributed by atoms with Crippen LogP contribution in [0.4, 0.5) is 0 Å². The third kappa shape index (κ3) is 4.96. The van der Waals surface area contributed by atoms with Crippen LogP contribution in [0, 0.1) is 0 Å². The Morgan fingerprint density at radius 3 is 2.50 bits per heavy atom. The van der Waals surface area contributed by atoms with Crippen molar-refractivity contribution < 1.29 is 4.79 Å². The van der Waals surface area contributed by atoms with E-state index in [1.807, 2.05) is 72.8 Å². The number of thioether (sulfide) groups is 1. The lowest BCUT2D eigenvalue weighted by Gasteiger charge is -2.06. The zero-order chi connectivity index (χ0) is 20.8. The summed E-state index contributed by atoms with van der Waals surface area (Å²) in [6.45, 7) is 0.586. The fourth-order valence-corrected chi connectivity index (χ4v) is 4.39. The lowest BCUT2D eigenvalue weighted by Crippen LogP contribution is -2.23. The topological polar surface area (TPSA) is 44.9 Å². The van der Waals surface area contributed by atoms with E-state index in [1.54, 1.807) is 17.8 Å². The molecule has 0 aliphatic rings. The second-order valence-corrected chi connectivity index (χ2v) is 8.31. The predicted octanol–water partition coefficient (Wildman–Crippen LogP) is 6.41. The normalized spacial score (nSPS) is 11.2. The molecule has 0 fully saturated rings. The lowest BCUT2D eigenvalue weighted by atomic mass is 10.1. The van der Waals surface area contributed by atoms with Gasteiger partial charge in [0.1, 0.15) is 0 Å². The Hall–Kier alpha value is -2.95. The Labute approximate surface area is 185 Å². The van der Waals surface area contributed by atoms with Crippen molar-refractivity contribution in [2.45, 2.75) is 4.90 Å². The molecule has 4 aromatic rings. The van der Waals surface area contributed by atoms with Crippen molar-refractivity contribution in [2.24, 2.45) is 0 Å². The molecule has 0 atom stereocenters. The molecule has 3 nitrogen and oxygen atoms in total. The molecule has 0 radical (unpaired) electrons. The minimum Gasteiger partial charge on any atom is -0.354 e. The van der Waals surface area contributed by atoms with Gasteiger partial charge in [-0.25, -0.2) is 0 Å². The predicted molar refractivity (Wildman–Crippen MR) is 128 cm³/mol. The number of benzene rings is 3.